The zero-order valence-corrected chi connectivity index (χ0v) is 20.0. The van der Waals surface area contributed by atoms with Crippen LogP contribution >= 0.6 is 0 Å². The van der Waals surface area contributed by atoms with E-state index in [0.29, 0.717) is 24.2 Å². The van der Waals surface area contributed by atoms with Crippen LogP contribution in [0.2, 0.25) is 0 Å². The van der Waals surface area contributed by atoms with E-state index in [1.165, 1.54) is 25.1 Å². The first-order valence-corrected chi connectivity index (χ1v) is 12.7. The number of fused-ring (bicyclic) bond motifs is 1. The van der Waals surface area contributed by atoms with Gasteiger partial charge in [-0.05, 0) is 59.9 Å². The molecule has 3 aromatic carbocycles. The SMILES string of the molecule is CC(=O)N1CCc2cc(S(=O)(=O)NC(Cc3ccccc3)C(=O)NCc3ccc(F)cc3)ccc21. The summed E-state index contributed by atoms with van der Waals surface area (Å²) in [6.07, 6.45) is 0.711. The van der Waals surface area contributed by atoms with Gasteiger partial charge >= 0.3 is 0 Å². The van der Waals surface area contributed by atoms with E-state index in [2.05, 4.69) is 10.0 Å². The average molecular weight is 496 g/mol. The summed E-state index contributed by atoms with van der Waals surface area (Å²) in [7, 11) is -4.04. The molecule has 0 radical (unpaired) electrons. The maximum atomic E-state index is 13.3. The molecular weight excluding hydrogens is 469 g/mol. The first-order valence-electron chi connectivity index (χ1n) is 11.2. The molecule has 2 N–H and O–H groups in total. The van der Waals surface area contributed by atoms with Crippen molar-refractivity contribution in [1.82, 2.24) is 10.0 Å². The van der Waals surface area contributed by atoms with E-state index in [-0.39, 0.29) is 29.6 Å². The largest absolute Gasteiger partial charge is 0.351 e. The molecule has 35 heavy (non-hydrogen) atoms. The first kappa shape index (κ1) is 24.6. The summed E-state index contributed by atoms with van der Waals surface area (Å²) in [5, 5.41) is 2.74. The number of nitrogens with zero attached hydrogens (tertiary/aromatic N) is 1. The molecule has 1 aliphatic rings. The van der Waals surface area contributed by atoms with Gasteiger partial charge in [-0.1, -0.05) is 42.5 Å². The number of anilines is 1. The zero-order chi connectivity index (χ0) is 25.0. The highest BCUT2D eigenvalue weighted by molar-refractivity contribution is 7.89. The molecule has 0 aromatic heterocycles. The highest BCUT2D eigenvalue weighted by atomic mass is 32.2. The Kier molecular flexibility index (Phi) is 7.28. The van der Waals surface area contributed by atoms with Crippen molar-refractivity contribution in [2.45, 2.75) is 37.2 Å². The van der Waals surface area contributed by atoms with Gasteiger partial charge < -0.3 is 10.2 Å². The summed E-state index contributed by atoms with van der Waals surface area (Å²) in [6, 6.07) is 18.4. The Bertz CT molecular complexity index is 1330. The molecule has 4 rings (SSSR count). The molecule has 0 saturated carbocycles. The highest BCUT2D eigenvalue weighted by Crippen LogP contribution is 2.30. The van der Waals surface area contributed by atoms with Gasteiger partial charge in [-0.15, -0.1) is 0 Å². The van der Waals surface area contributed by atoms with Gasteiger partial charge in [0.25, 0.3) is 0 Å². The number of carbonyl (C=O) groups is 2. The molecule has 0 saturated heterocycles. The predicted octanol–water partition coefficient (Wildman–Crippen LogP) is 2.94. The van der Waals surface area contributed by atoms with Crippen LogP contribution in [0, 0.1) is 5.82 Å². The minimum Gasteiger partial charge on any atom is -0.351 e. The number of sulfonamides is 1. The van der Waals surface area contributed by atoms with Crippen LogP contribution < -0.4 is 14.9 Å². The third kappa shape index (κ3) is 5.93. The molecule has 0 fully saturated rings. The van der Waals surface area contributed by atoms with Crippen LogP contribution in [0.1, 0.15) is 23.6 Å². The Morgan fingerprint density at radius 2 is 1.71 bits per heavy atom. The fourth-order valence-corrected chi connectivity index (χ4v) is 5.33. The van der Waals surface area contributed by atoms with Crippen molar-refractivity contribution in [3.05, 3.63) is 95.3 Å². The number of hydrogen-bond acceptors (Lipinski definition) is 4. The van der Waals surface area contributed by atoms with E-state index in [1.54, 1.807) is 29.2 Å². The third-order valence-electron chi connectivity index (χ3n) is 5.91. The summed E-state index contributed by atoms with van der Waals surface area (Å²) in [4.78, 5) is 26.5. The van der Waals surface area contributed by atoms with Gasteiger partial charge in [0.05, 0.1) is 4.90 Å². The van der Waals surface area contributed by atoms with Crippen molar-refractivity contribution in [2.24, 2.45) is 0 Å². The van der Waals surface area contributed by atoms with Gasteiger partial charge in [-0.3, -0.25) is 9.59 Å². The minimum absolute atomic E-state index is 0.0334. The second-order valence-electron chi connectivity index (χ2n) is 8.42. The molecule has 0 bridgehead atoms. The molecule has 2 amide bonds. The van der Waals surface area contributed by atoms with Crippen molar-refractivity contribution < 1.29 is 22.4 Å². The lowest BCUT2D eigenvalue weighted by Gasteiger charge is -2.20. The molecular formula is C26H26FN3O4S. The van der Waals surface area contributed by atoms with E-state index in [0.717, 1.165) is 11.1 Å². The second-order valence-corrected chi connectivity index (χ2v) is 10.1. The smallest absolute Gasteiger partial charge is 0.241 e. The Hall–Kier alpha value is -3.56. The highest BCUT2D eigenvalue weighted by Gasteiger charge is 2.28. The van der Waals surface area contributed by atoms with Gasteiger partial charge in [0.1, 0.15) is 11.9 Å². The second kappa shape index (κ2) is 10.4. The average Bonchev–Trinajstić information content (AvgIpc) is 3.27. The Morgan fingerprint density at radius 3 is 2.40 bits per heavy atom. The van der Waals surface area contributed by atoms with Crippen molar-refractivity contribution in [1.29, 1.82) is 0 Å². The van der Waals surface area contributed by atoms with Gasteiger partial charge in [0, 0.05) is 25.7 Å². The van der Waals surface area contributed by atoms with Crippen molar-refractivity contribution in [3.8, 4) is 0 Å². The molecule has 1 heterocycles. The molecule has 1 atom stereocenters. The summed E-state index contributed by atoms with van der Waals surface area (Å²) in [6.45, 7) is 2.11. The normalized spacial score (nSPS) is 13.8. The minimum atomic E-state index is -4.04. The summed E-state index contributed by atoms with van der Waals surface area (Å²) in [5.41, 5.74) is 2.95. The quantitative estimate of drug-likeness (QED) is 0.502. The van der Waals surface area contributed by atoms with E-state index in [4.69, 9.17) is 0 Å². The van der Waals surface area contributed by atoms with E-state index >= 15 is 0 Å². The van der Waals surface area contributed by atoms with Crippen LogP contribution in [0.25, 0.3) is 0 Å². The van der Waals surface area contributed by atoms with Gasteiger partial charge in [-0.25, -0.2) is 12.8 Å². The molecule has 3 aromatic rings. The zero-order valence-electron chi connectivity index (χ0n) is 19.2. The van der Waals surface area contributed by atoms with Gasteiger partial charge in [0.15, 0.2) is 0 Å². The number of hydrogen-bond donors (Lipinski definition) is 2. The first-order chi connectivity index (χ1) is 16.7. The fraction of sp³-hybridized carbons (Fsp3) is 0.231. The number of carbonyl (C=O) groups excluding carboxylic acids is 2. The standard InChI is InChI=1S/C26H26FN3O4S/c1-18(31)30-14-13-21-16-23(11-12-25(21)30)35(33,34)29-24(15-19-5-3-2-4-6-19)26(32)28-17-20-7-9-22(27)10-8-20/h2-12,16,24,29H,13-15,17H2,1H3,(H,28,32). The topological polar surface area (TPSA) is 95.6 Å². The van der Waals surface area contributed by atoms with Crippen LogP contribution in [0.3, 0.4) is 0 Å². The Labute approximate surface area is 204 Å². The molecule has 0 spiro atoms. The molecule has 182 valence electrons. The maximum Gasteiger partial charge on any atom is 0.241 e. The molecule has 1 unspecified atom stereocenters. The maximum absolute atomic E-state index is 13.3. The summed E-state index contributed by atoms with van der Waals surface area (Å²) >= 11 is 0. The van der Waals surface area contributed by atoms with Crippen molar-refractivity contribution in [3.63, 3.8) is 0 Å². The number of amides is 2. The fourth-order valence-electron chi connectivity index (χ4n) is 4.08. The lowest BCUT2D eigenvalue weighted by atomic mass is 10.1. The third-order valence-corrected chi connectivity index (χ3v) is 7.38. The van der Waals surface area contributed by atoms with Crippen molar-refractivity contribution in [2.75, 3.05) is 11.4 Å². The van der Waals surface area contributed by atoms with Crippen LogP contribution in [0.15, 0.2) is 77.7 Å². The summed E-state index contributed by atoms with van der Waals surface area (Å²) < 4.78 is 42.2. The lowest BCUT2D eigenvalue weighted by molar-refractivity contribution is -0.123. The molecule has 1 aliphatic heterocycles. The summed E-state index contributed by atoms with van der Waals surface area (Å²) in [5.74, 6) is -0.973. The van der Waals surface area contributed by atoms with Crippen LogP contribution in [0.5, 0.6) is 0 Å². The van der Waals surface area contributed by atoms with Gasteiger partial charge in [0.2, 0.25) is 21.8 Å². The van der Waals surface area contributed by atoms with Crippen molar-refractivity contribution >= 4 is 27.5 Å². The number of rotatable bonds is 8. The Morgan fingerprint density at radius 1 is 1.00 bits per heavy atom. The monoisotopic (exact) mass is 495 g/mol. The van der Waals surface area contributed by atoms with Gasteiger partial charge in [-0.2, -0.15) is 4.72 Å². The molecule has 0 aliphatic carbocycles. The van der Waals surface area contributed by atoms with Crippen LogP contribution in [-0.4, -0.2) is 32.8 Å². The number of halogens is 1. The van der Waals surface area contributed by atoms with Crippen LogP contribution in [-0.2, 0) is 39.0 Å². The van der Waals surface area contributed by atoms with E-state index in [1.807, 2.05) is 30.3 Å². The van der Waals surface area contributed by atoms with Crippen LogP contribution in [0.4, 0.5) is 10.1 Å². The number of benzene rings is 3. The molecule has 7 nitrogen and oxygen atoms in total. The van der Waals surface area contributed by atoms with E-state index in [9.17, 15) is 22.4 Å². The predicted molar refractivity (Wildman–Crippen MR) is 131 cm³/mol. The number of nitrogens with one attached hydrogen (secondary N) is 2. The van der Waals surface area contributed by atoms with E-state index < -0.39 is 22.0 Å². The Balaban J connectivity index is 1.54. The lowest BCUT2D eigenvalue weighted by Crippen LogP contribution is -2.47. The molecule has 9 heteroatoms.